The molecule has 1 heterocycles. The molecule has 1 aliphatic heterocycles. The summed E-state index contributed by atoms with van der Waals surface area (Å²) in [5.41, 5.74) is 0. The number of nitrogens with zero attached hydrogens (tertiary/aromatic N) is 2. The zero-order chi connectivity index (χ0) is 21.1. The maximum Gasteiger partial charge on any atom is 0.233 e. The van der Waals surface area contributed by atoms with Crippen LogP contribution in [0.4, 0.5) is 0 Å². The Hall–Kier alpha value is -2.54. The van der Waals surface area contributed by atoms with E-state index in [2.05, 4.69) is 27.8 Å². The molecule has 2 aliphatic carbocycles. The zero-order valence-corrected chi connectivity index (χ0v) is 17.8. The first-order valence-corrected chi connectivity index (χ1v) is 10.8. The Morgan fingerprint density at radius 1 is 1.17 bits per heavy atom. The normalized spacial score (nSPS) is 27.0. The Bertz CT molecular complexity index is 842. The summed E-state index contributed by atoms with van der Waals surface area (Å²) in [7, 11) is 1.70. The van der Waals surface area contributed by atoms with Crippen LogP contribution in [0.15, 0.2) is 41.4 Å². The summed E-state index contributed by atoms with van der Waals surface area (Å²) >= 11 is 5.94. The quantitative estimate of drug-likeness (QED) is 0.217. The van der Waals surface area contributed by atoms with Crippen LogP contribution in [0.3, 0.4) is 0 Å². The number of carbonyl (C=O) groups is 2. The van der Waals surface area contributed by atoms with E-state index >= 15 is 0 Å². The van der Waals surface area contributed by atoms with Crippen LogP contribution in [-0.2, 0) is 9.59 Å². The van der Waals surface area contributed by atoms with Crippen molar-refractivity contribution in [3.63, 3.8) is 0 Å². The minimum atomic E-state index is -0.116. The third kappa shape index (κ3) is 4.17. The monoisotopic (exact) mass is 430 g/mol. The van der Waals surface area contributed by atoms with Crippen molar-refractivity contribution in [2.24, 2.45) is 28.7 Å². The number of aliphatic imine (C=N–C) groups is 1. The Kier molecular flexibility index (Phi) is 6.27. The van der Waals surface area contributed by atoms with Crippen LogP contribution in [0.2, 0.25) is 5.02 Å². The molecule has 2 fully saturated rings. The largest absolute Gasteiger partial charge is 0.492 e. The molecule has 2 N–H and O–H groups in total. The van der Waals surface area contributed by atoms with Crippen LogP contribution in [0.1, 0.15) is 12.8 Å². The van der Waals surface area contributed by atoms with Crippen LogP contribution >= 0.6 is 11.6 Å². The van der Waals surface area contributed by atoms with Crippen LogP contribution in [0, 0.1) is 23.7 Å². The molecule has 0 radical (unpaired) electrons. The number of rotatable bonds is 8. The molecule has 1 aromatic carbocycles. The highest BCUT2D eigenvalue weighted by molar-refractivity contribution is 6.30. The molecule has 1 saturated carbocycles. The van der Waals surface area contributed by atoms with Crippen LogP contribution < -0.4 is 15.4 Å². The van der Waals surface area contributed by atoms with Gasteiger partial charge in [0.15, 0.2) is 5.96 Å². The Balaban J connectivity index is 1.14. The van der Waals surface area contributed by atoms with Gasteiger partial charge in [-0.2, -0.15) is 0 Å². The van der Waals surface area contributed by atoms with Crippen molar-refractivity contribution in [2.45, 2.75) is 12.8 Å². The number of allylic oxidation sites excluding steroid dienone is 2. The van der Waals surface area contributed by atoms with Gasteiger partial charge < -0.3 is 15.4 Å². The van der Waals surface area contributed by atoms with E-state index in [0.29, 0.717) is 43.6 Å². The van der Waals surface area contributed by atoms with Gasteiger partial charge in [0.1, 0.15) is 12.4 Å². The molecular weight excluding hydrogens is 404 g/mol. The number of benzene rings is 1. The summed E-state index contributed by atoms with van der Waals surface area (Å²) in [6, 6.07) is 7.27. The van der Waals surface area contributed by atoms with Gasteiger partial charge in [-0.05, 0) is 42.9 Å². The average Bonchev–Trinajstić information content (AvgIpc) is 3.42. The average molecular weight is 431 g/mol. The summed E-state index contributed by atoms with van der Waals surface area (Å²) in [4.78, 5) is 31.0. The second-order valence-corrected chi connectivity index (χ2v) is 8.35. The fraction of sp³-hybridized carbons (Fsp3) is 0.500. The van der Waals surface area contributed by atoms with Gasteiger partial charge in [-0.3, -0.25) is 19.5 Å². The summed E-state index contributed by atoms with van der Waals surface area (Å²) < 4.78 is 5.64. The first-order valence-electron chi connectivity index (χ1n) is 10.4. The predicted octanol–water partition coefficient (Wildman–Crippen LogP) is 2.08. The van der Waals surface area contributed by atoms with Gasteiger partial charge in [0.25, 0.3) is 0 Å². The highest BCUT2D eigenvalue weighted by Gasteiger charge is 2.58. The van der Waals surface area contributed by atoms with Crippen molar-refractivity contribution in [2.75, 3.05) is 33.3 Å². The molecule has 1 aromatic rings. The molecule has 2 amide bonds. The summed E-state index contributed by atoms with van der Waals surface area (Å²) in [5, 5.41) is 7.03. The summed E-state index contributed by atoms with van der Waals surface area (Å²) in [6.45, 7) is 2.11. The molecule has 4 unspecified atom stereocenters. The minimum Gasteiger partial charge on any atom is -0.492 e. The number of ether oxygens (including phenoxy) is 1. The maximum absolute atomic E-state index is 12.7. The van der Waals surface area contributed by atoms with E-state index in [1.165, 1.54) is 4.90 Å². The topological polar surface area (TPSA) is 83.0 Å². The molecule has 4 rings (SSSR count). The van der Waals surface area contributed by atoms with Crippen LogP contribution in [0.5, 0.6) is 5.75 Å². The number of guanidine groups is 1. The van der Waals surface area contributed by atoms with Crippen molar-refractivity contribution in [1.82, 2.24) is 15.5 Å². The van der Waals surface area contributed by atoms with Gasteiger partial charge in [0.2, 0.25) is 11.8 Å². The Labute approximate surface area is 181 Å². The molecule has 30 heavy (non-hydrogen) atoms. The number of nitrogens with one attached hydrogen (secondary N) is 2. The summed E-state index contributed by atoms with van der Waals surface area (Å²) in [6.07, 6.45) is 5.88. The fourth-order valence-corrected chi connectivity index (χ4v) is 4.92. The molecule has 7 nitrogen and oxygen atoms in total. The number of hydrogen-bond donors (Lipinski definition) is 2. The SMILES string of the molecule is CN=C(NCCCN1C(=O)C2C3C=CC(C3)C2C1=O)NCCOc1cccc(Cl)c1. The molecule has 0 spiro atoms. The fourth-order valence-electron chi connectivity index (χ4n) is 4.74. The lowest BCUT2D eigenvalue weighted by molar-refractivity contribution is -0.140. The molecule has 3 aliphatic rings. The first-order chi connectivity index (χ1) is 14.6. The second kappa shape index (κ2) is 9.08. The lowest BCUT2D eigenvalue weighted by atomic mass is 9.85. The number of likely N-dealkylation sites (tertiary alicyclic amines) is 1. The number of fused-ring (bicyclic) bond motifs is 5. The molecule has 160 valence electrons. The molecular formula is C22H27ClN4O3. The van der Waals surface area contributed by atoms with Gasteiger partial charge in [-0.15, -0.1) is 0 Å². The van der Waals surface area contributed by atoms with Crippen LogP contribution in [0.25, 0.3) is 0 Å². The van der Waals surface area contributed by atoms with Gasteiger partial charge in [-0.1, -0.05) is 29.8 Å². The maximum atomic E-state index is 12.7. The number of amides is 2. The Morgan fingerprint density at radius 3 is 2.53 bits per heavy atom. The highest BCUT2D eigenvalue weighted by atomic mass is 35.5. The lowest BCUT2D eigenvalue weighted by Gasteiger charge is -2.18. The highest BCUT2D eigenvalue weighted by Crippen LogP contribution is 2.52. The lowest BCUT2D eigenvalue weighted by Crippen LogP contribution is -2.41. The van der Waals surface area contributed by atoms with E-state index in [1.54, 1.807) is 19.2 Å². The summed E-state index contributed by atoms with van der Waals surface area (Å²) in [5.74, 6) is 1.70. The number of carbonyl (C=O) groups excluding carboxylic acids is 2. The van der Waals surface area contributed by atoms with Crippen molar-refractivity contribution in [3.05, 3.63) is 41.4 Å². The van der Waals surface area contributed by atoms with Gasteiger partial charge >= 0.3 is 0 Å². The van der Waals surface area contributed by atoms with E-state index in [-0.39, 0.29) is 35.5 Å². The molecule has 8 heteroatoms. The minimum absolute atomic E-state index is 0.0162. The molecule has 4 atom stereocenters. The van der Waals surface area contributed by atoms with Crippen molar-refractivity contribution in [3.8, 4) is 5.75 Å². The van der Waals surface area contributed by atoms with E-state index < -0.39 is 0 Å². The second-order valence-electron chi connectivity index (χ2n) is 7.91. The predicted molar refractivity (Wildman–Crippen MR) is 115 cm³/mol. The first kappa shape index (κ1) is 20.7. The van der Waals surface area contributed by atoms with Gasteiger partial charge in [0, 0.05) is 25.2 Å². The standard InChI is InChI=1S/C22H27ClN4O3/c1-24-22(26-9-11-30-17-5-2-4-16(23)13-17)25-8-3-10-27-20(28)18-14-6-7-15(12-14)19(18)21(27)29/h2,4-7,13-15,18-19H,3,8-12H2,1H3,(H2,24,25,26). The smallest absolute Gasteiger partial charge is 0.233 e. The zero-order valence-electron chi connectivity index (χ0n) is 17.0. The molecule has 2 bridgehead atoms. The third-order valence-corrected chi connectivity index (χ3v) is 6.33. The van der Waals surface area contributed by atoms with Crippen molar-refractivity contribution >= 4 is 29.4 Å². The van der Waals surface area contributed by atoms with Gasteiger partial charge in [-0.25, -0.2) is 0 Å². The molecule has 0 aromatic heterocycles. The third-order valence-electron chi connectivity index (χ3n) is 6.10. The van der Waals surface area contributed by atoms with Crippen LogP contribution in [-0.4, -0.2) is 56.0 Å². The van der Waals surface area contributed by atoms with E-state index in [4.69, 9.17) is 16.3 Å². The van der Waals surface area contributed by atoms with E-state index in [9.17, 15) is 9.59 Å². The number of imide groups is 1. The van der Waals surface area contributed by atoms with E-state index in [0.717, 1.165) is 12.2 Å². The number of halogens is 1. The van der Waals surface area contributed by atoms with Crippen molar-refractivity contribution < 1.29 is 14.3 Å². The number of hydrogen-bond acceptors (Lipinski definition) is 4. The molecule has 1 saturated heterocycles. The van der Waals surface area contributed by atoms with Gasteiger partial charge in [0.05, 0.1) is 18.4 Å². The van der Waals surface area contributed by atoms with Crippen molar-refractivity contribution in [1.29, 1.82) is 0 Å². The Morgan fingerprint density at radius 2 is 1.87 bits per heavy atom. The van der Waals surface area contributed by atoms with E-state index in [1.807, 2.05) is 12.1 Å².